The van der Waals surface area contributed by atoms with Crippen LogP contribution in [-0.4, -0.2) is 42.6 Å². The lowest BCUT2D eigenvalue weighted by Gasteiger charge is -2.19. The molecule has 0 bridgehead atoms. The maximum Gasteiger partial charge on any atom is 0.282 e. The second kappa shape index (κ2) is 8.30. The number of carbonyl (C=O) groups excluding carboxylic acids is 1. The van der Waals surface area contributed by atoms with Crippen molar-refractivity contribution in [1.82, 2.24) is 8.61 Å². The number of halogens is 4. The zero-order chi connectivity index (χ0) is 20.5. The van der Waals surface area contributed by atoms with Gasteiger partial charge in [0.2, 0.25) is 5.91 Å². The van der Waals surface area contributed by atoms with Gasteiger partial charge in [0.15, 0.2) is 0 Å². The van der Waals surface area contributed by atoms with E-state index in [4.69, 9.17) is 23.2 Å². The van der Waals surface area contributed by atoms with Gasteiger partial charge < -0.3 is 5.32 Å². The molecule has 2 aromatic carbocycles. The molecule has 150 valence electrons. The number of anilines is 1. The largest absolute Gasteiger partial charge is 0.322 e. The molecule has 0 spiro atoms. The molecule has 6 nitrogen and oxygen atoms in total. The molecular formula is C17H15Cl2F2N3O3S. The quantitative estimate of drug-likeness (QED) is 0.761. The molecule has 1 N–H and O–H groups in total. The third kappa shape index (κ3) is 4.61. The van der Waals surface area contributed by atoms with Crippen LogP contribution < -0.4 is 5.32 Å². The van der Waals surface area contributed by atoms with Crippen LogP contribution in [0.25, 0.3) is 0 Å². The van der Waals surface area contributed by atoms with Crippen molar-refractivity contribution in [3.8, 4) is 0 Å². The van der Waals surface area contributed by atoms with Gasteiger partial charge in [0.25, 0.3) is 10.2 Å². The monoisotopic (exact) mass is 449 g/mol. The Morgan fingerprint density at radius 1 is 1.07 bits per heavy atom. The van der Waals surface area contributed by atoms with Gasteiger partial charge in [-0.25, -0.2) is 8.78 Å². The van der Waals surface area contributed by atoms with E-state index in [0.29, 0.717) is 5.56 Å². The topological polar surface area (TPSA) is 69.7 Å². The van der Waals surface area contributed by atoms with Crippen molar-refractivity contribution in [2.45, 2.75) is 6.54 Å². The second-order valence-corrected chi connectivity index (χ2v) is 8.86. The molecule has 1 fully saturated rings. The average molecular weight is 450 g/mol. The van der Waals surface area contributed by atoms with Crippen molar-refractivity contribution < 1.29 is 22.0 Å². The Kier molecular flexibility index (Phi) is 6.21. The van der Waals surface area contributed by atoms with Crippen LogP contribution in [0.5, 0.6) is 0 Å². The number of rotatable bonds is 5. The van der Waals surface area contributed by atoms with E-state index in [9.17, 15) is 22.0 Å². The fourth-order valence-corrected chi connectivity index (χ4v) is 4.64. The number of carbonyl (C=O) groups is 1. The summed E-state index contributed by atoms with van der Waals surface area (Å²) in [7, 11) is -3.92. The molecule has 28 heavy (non-hydrogen) atoms. The molecule has 3 rings (SSSR count). The summed E-state index contributed by atoms with van der Waals surface area (Å²) >= 11 is 11.6. The van der Waals surface area contributed by atoms with Crippen molar-refractivity contribution >= 4 is 45.0 Å². The van der Waals surface area contributed by atoms with Gasteiger partial charge in [-0.3, -0.25) is 4.79 Å². The first-order valence-electron chi connectivity index (χ1n) is 8.11. The minimum atomic E-state index is -3.92. The van der Waals surface area contributed by atoms with Crippen molar-refractivity contribution in [3.63, 3.8) is 0 Å². The number of hydrogen-bond acceptors (Lipinski definition) is 3. The summed E-state index contributed by atoms with van der Waals surface area (Å²) in [4.78, 5) is 12.2. The van der Waals surface area contributed by atoms with Gasteiger partial charge in [0.1, 0.15) is 11.6 Å². The lowest BCUT2D eigenvalue weighted by molar-refractivity contribution is -0.116. The Morgan fingerprint density at radius 3 is 2.46 bits per heavy atom. The smallest absolute Gasteiger partial charge is 0.282 e. The molecule has 1 saturated heterocycles. The molecule has 0 saturated carbocycles. The van der Waals surface area contributed by atoms with E-state index in [2.05, 4.69) is 5.32 Å². The number of hydrogen-bond donors (Lipinski definition) is 1. The SMILES string of the molecule is O=C(CN1CCN(Cc2ccc(F)cc2Cl)S1(=O)=O)Nc1ccc(Cl)cc1F. The molecule has 1 amide bonds. The summed E-state index contributed by atoms with van der Waals surface area (Å²) in [6.45, 7) is -0.306. The highest BCUT2D eigenvalue weighted by Gasteiger charge is 2.37. The number of amides is 1. The van der Waals surface area contributed by atoms with E-state index in [1.165, 1.54) is 24.3 Å². The lowest BCUT2D eigenvalue weighted by Crippen LogP contribution is -2.38. The van der Waals surface area contributed by atoms with Crippen LogP contribution in [-0.2, 0) is 21.5 Å². The molecule has 0 radical (unpaired) electrons. The lowest BCUT2D eigenvalue weighted by atomic mass is 10.2. The summed E-state index contributed by atoms with van der Waals surface area (Å²) in [5.41, 5.74) is 0.349. The van der Waals surface area contributed by atoms with Crippen LogP contribution in [0.1, 0.15) is 5.56 Å². The summed E-state index contributed by atoms with van der Waals surface area (Å²) in [5.74, 6) is -1.94. The molecule has 0 aromatic heterocycles. The molecule has 0 unspecified atom stereocenters. The summed E-state index contributed by atoms with van der Waals surface area (Å²) in [6, 6.07) is 7.43. The maximum atomic E-state index is 13.8. The minimum absolute atomic E-state index is 0.0502. The maximum absolute atomic E-state index is 13.8. The van der Waals surface area contributed by atoms with Crippen molar-refractivity contribution in [2.75, 3.05) is 25.0 Å². The van der Waals surface area contributed by atoms with Crippen LogP contribution in [0.4, 0.5) is 14.5 Å². The average Bonchev–Trinajstić information content (AvgIpc) is 2.87. The third-order valence-electron chi connectivity index (χ3n) is 4.14. The van der Waals surface area contributed by atoms with E-state index in [0.717, 1.165) is 20.7 Å². The summed E-state index contributed by atoms with van der Waals surface area (Å²) < 4.78 is 54.3. The van der Waals surface area contributed by atoms with Crippen molar-refractivity contribution in [1.29, 1.82) is 0 Å². The number of nitrogens with one attached hydrogen (secondary N) is 1. The highest BCUT2D eigenvalue weighted by molar-refractivity contribution is 7.87. The predicted octanol–water partition coefficient (Wildman–Crippen LogP) is 3.27. The molecule has 0 atom stereocenters. The first kappa shape index (κ1) is 20.9. The Bertz CT molecular complexity index is 1020. The highest BCUT2D eigenvalue weighted by atomic mass is 35.5. The second-order valence-electron chi connectivity index (χ2n) is 6.08. The van der Waals surface area contributed by atoms with Crippen LogP contribution in [0.2, 0.25) is 10.0 Å². The van der Waals surface area contributed by atoms with Gasteiger partial charge >= 0.3 is 0 Å². The van der Waals surface area contributed by atoms with E-state index in [1.807, 2.05) is 0 Å². The molecule has 2 aromatic rings. The summed E-state index contributed by atoms with van der Waals surface area (Å²) in [6.07, 6.45) is 0. The van der Waals surface area contributed by atoms with Crippen LogP contribution in [0, 0.1) is 11.6 Å². The highest BCUT2D eigenvalue weighted by Crippen LogP contribution is 2.24. The van der Waals surface area contributed by atoms with E-state index in [-0.39, 0.29) is 35.4 Å². The zero-order valence-corrected chi connectivity index (χ0v) is 16.7. The number of nitrogens with zero attached hydrogens (tertiary/aromatic N) is 2. The number of benzene rings is 2. The predicted molar refractivity (Wildman–Crippen MR) is 102 cm³/mol. The Morgan fingerprint density at radius 2 is 1.79 bits per heavy atom. The zero-order valence-electron chi connectivity index (χ0n) is 14.3. The Labute approximate surface area is 170 Å². The first-order valence-corrected chi connectivity index (χ1v) is 10.3. The third-order valence-corrected chi connectivity index (χ3v) is 6.65. The molecular weight excluding hydrogens is 435 g/mol. The molecule has 0 aliphatic carbocycles. The van der Waals surface area contributed by atoms with Gasteiger partial charge in [-0.05, 0) is 35.9 Å². The van der Waals surface area contributed by atoms with Crippen molar-refractivity contribution in [2.24, 2.45) is 0 Å². The molecule has 11 heteroatoms. The minimum Gasteiger partial charge on any atom is -0.322 e. The van der Waals surface area contributed by atoms with E-state index < -0.39 is 34.3 Å². The Hall–Kier alpha value is -1.78. The van der Waals surface area contributed by atoms with Crippen molar-refractivity contribution in [3.05, 3.63) is 63.6 Å². The Balaban J connectivity index is 1.66. The van der Waals surface area contributed by atoms with E-state index in [1.54, 1.807) is 0 Å². The van der Waals surface area contributed by atoms with Gasteiger partial charge in [-0.15, -0.1) is 0 Å². The fourth-order valence-electron chi connectivity index (χ4n) is 2.72. The van der Waals surface area contributed by atoms with Gasteiger partial charge in [0.05, 0.1) is 12.2 Å². The van der Waals surface area contributed by atoms with Crippen LogP contribution >= 0.6 is 23.2 Å². The van der Waals surface area contributed by atoms with Crippen LogP contribution in [0.15, 0.2) is 36.4 Å². The first-order chi connectivity index (χ1) is 13.2. The van der Waals surface area contributed by atoms with E-state index >= 15 is 0 Å². The standard InChI is InChI=1S/C17H15Cl2F2N3O3S/c18-12-2-4-16(15(21)7-12)22-17(25)10-24-6-5-23(28(24,26)27)9-11-1-3-13(20)8-14(11)19/h1-4,7-8H,5-6,9-10H2,(H,22,25). The van der Waals surface area contributed by atoms with Gasteiger partial charge in [-0.2, -0.15) is 17.0 Å². The van der Waals surface area contributed by atoms with Crippen LogP contribution in [0.3, 0.4) is 0 Å². The van der Waals surface area contributed by atoms with Gasteiger partial charge in [0, 0.05) is 29.7 Å². The molecule has 1 aliphatic heterocycles. The van der Waals surface area contributed by atoms with Gasteiger partial charge in [-0.1, -0.05) is 29.3 Å². The fraction of sp³-hybridized carbons (Fsp3) is 0.235. The normalized spacial score (nSPS) is 17.0. The molecule has 1 heterocycles. The summed E-state index contributed by atoms with van der Waals surface area (Å²) in [5, 5.41) is 2.61. The molecule has 1 aliphatic rings.